The summed E-state index contributed by atoms with van der Waals surface area (Å²) in [6.45, 7) is 4.00. The summed E-state index contributed by atoms with van der Waals surface area (Å²) in [5, 5.41) is 9.20. The van der Waals surface area contributed by atoms with Crippen molar-refractivity contribution in [1.82, 2.24) is 0 Å². The molecular weight excluding hydrogens is 330 g/mol. The molecule has 0 aliphatic rings. The molecule has 0 aromatic carbocycles. The molecule has 1 rings (SSSR count). The number of rotatable bonds is 7. The quantitative estimate of drug-likeness (QED) is 0.555. The van der Waals surface area contributed by atoms with E-state index in [1.165, 1.54) is 23.1 Å². The second-order valence-corrected chi connectivity index (χ2v) is 6.63. The van der Waals surface area contributed by atoms with Crippen molar-refractivity contribution in [3.8, 4) is 6.07 Å². The zero-order valence-electron chi connectivity index (χ0n) is 11.9. The van der Waals surface area contributed by atoms with E-state index < -0.39 is 5.97 Å². The van der Waals surface area contributed by atoms with Crippen molar-refractivity contribution < 1.29 is 19.1 Å². The second kappa shape index (κ2) is 8.97. The average molecular weight is 345 g/mol. The van der Waals surface area contributed by atoms with E-state index >= 15 is 0 Å². The Bertz CT molecular complexity index is 562. The van der Waals surface area contributed by atoms with Gasteiger partial charge in [0, 0.05) is 0 Å². The predicted molar refractivity (Wildman–Crippen MR) is 84.1 cm³/mol. The highest BCUT2D eigenvalue weighted by Crippen LogP contribution is 2.40. The van der Waals surface area contributed by atoms with Crippen molar-refractivity contribution in [3.05, 3.63) is 10.4 Å². The van der Waals surface area contributed by atoms with Gasteiger partial charge >= 0.3 is 11.9 Å². The minimum absolute atomic E-state index is 0.0550. The van der Waals surface area contributed by atoms with Gasteiger partial charge in [0.05, 0.1) is 33.6 Å². The molecule has 0 amide bonds. The maximum atomic E-state index is 12.1. The van der Waals surface area contributed by atoms with Crippen molar-refractivity contribution in [3.63, 3.8) is 0 Å². The SMILES string of the molecule is CCOC(=O)CSc1c(C#N)sc(SC)c1C(=O)OCC. The summed E-state index contributed by atoms with van der Waals surface area (Å²) >= 11 is 3.75. The number of hydrogen-bond donors (Lipinski definition) is 0. The molecule has 0 aliphatic carbocycles. The average Bonchev–Trinajstić information content (AvgIpc) is 2.83. The Hall–Kier alpha value is -1.17. The zero-order valence-corrected chi connectivity index (χ0v) is 14.4. The van der Waals surface area contributed by atoms with Crippen molar-refractivity contribution in [1.29, 1.82) is 5.26 Å². The van der Waals surface area contributed by atoms with Crippen LogP contribution in [0.5, 0.6) is 0 Å². The van der Waals surface area contributed by atoms with Gasteiger partial charge in [-0.15, -0.1) is 34.9 Å². The van der Waals surface area contributed by atoms with Crippen LogP contribution in [0.4, 0.5) is 0 Å². The molecule has 0 radical (unpaired) electrons. The van der Waals surface area contributed by atoms with Crippen LogP contribution in [0, 0.1) is 11.3 Å². The largest absolute Gasteiger partial charge is 0.465 e. The van der Waals surface area contributed by atoms with Crippen LogP contribution in [0.15, 0.2) is 9.10 Å². The van der Waals surface area contributed by atoms with Crippen LogP contribution in [0.2, 0.25) is 0 Å². The Morgan fingerprint density at radius 3 is 2.48 bits per heavy atom. The molecule has 0 bridgehead atoms. The van der Waals surface area contributed by atoms with E-state index in [4.69, 9.17) is 9.47 Å². The molecule has 5 nitrogen and oxygen atoms in total. The monoisotopic (exact) mass is 345 g/mol. The van der Waals surface area contributed by atoms with Crippen LogP contribution in [0.3, 0.4) is 0 Å². The second-order valence-electron chi connectivity index (χ2n) is 3.55. The topological polar surface area (TPSA) is 76.4 Å². The lowest BCUT2D eigenvalue weighted by Crippen LogP contribution is -2.09. The van der Waals surface area contributed by atoms with E-state index in [-0.39, 0.29) is 18.3 Å². The summed E-state index contributed by atoms with van der Waals surface area (Å²) in [6, 6.07) is 2.07. The molecule has 0 aliphatic heterocycles. The minimum Gasteiger partial charge on any atom is -0.465 e. The number of thioether (sulfide) groups is 2. The van der Waals surface area contributed by atoms with Crippen LogP contribution >= 0.6 is 34.9 Å². The van der Waals surface area contributed by atoms with Crippen LogP contribution in [-0.2, 0) is 14.3 Å². The molecule has 0 saturated heterocycles. The van der Waals surface area contributed by atoms with Gasteiger partial charge in [0.1, 0.15) is 10.9 Å². The van der Waals surface area contributed by atoms with Gasteiger partial charge in [-0.1, -0.05) is 0 Å². The van der Waals surface area contributed by atoms with Crippen molar-refractivity contribution in [2.45, 2.75) is 23.0 Å². The number of carbonyl (C=O) groups excluding carboxylic acids is 2. The van der Waals surface area contributed by atoms with Gasteiger partial charge in [0.25, 0.3) is 0 Å². The first-order valence-electron chi connectivity index (χ1n) is 6.15. The smallest absolute Gasteiger partial charge is 0.341 e. The fraction of sp³-hybridized carbons (Fsp3) is 0.462. The molecule has 1 aromatic rings. The van der Waals surface area contributed by atoms with E-state index in [0.29, 0.717) is 21.9 Å². The van der Waals surface area contributed by atoms with Gasteiger partial charge < -0.3 is 9.47 Å². The van der Waals surface area contributed by atoms with E-state index in [9.17, 15) is 14.9 Å². The number of esters is 2. The van der Waals surface area contributed by atoms with Gasteiger partial charge in [0.2, 0.25) is 0 Å². The summed E-state index contributed by atoms with van der Waals surface area (Å²) < 4.78 is 10.6. The molecule has 21 heavy (non-hydrogen) atoms. The lowest BCUT2D eigenvalue weighted by molar-refractivity contribution is -0.139. The molecule has 0 saturated carbocycles. The fourth-order valence-corrected chi connectivity index (χ4v) is 4.43. The lowest BCUT2D eigenvalue weighted by atomic mass is 10.3. The highest BCUT2D eigenvalue weighted by molar-refractivity contribution is 8.01. The Morgan fingerprint density at radius 2 is 1.95 bits per heavy atom. The van der Waals surface area contributed by atoms with E-state index in [1.807, 2.05) is 6.26 Å². The van der Waals surface area contributed by atoms with Crippen LogP contribution < -0.4 is 0 Å². The molecular formula is C13H15NO4S3. The number of hydrogen-bond acceptors (Lipinski definition) is 8. The summed E-state index contributed by atoms with van der Waals surface area (Å²) in [6.07, 6.45) is 1.83. The minimum atomic E-state index is -0.467. The first kappa shape index (κ1) is 17.9. The molecule has 1 heterocycles. The molecule has 0 fully saturated rings. The third-order valence-electron chi connectivity index (χ3n) is 2.24. The van der Waals surface area contributed by atoms with Gasteiger partial charge in [-0.05, 0) is 20.1 Å². The van der Waals surface area contributed by atoms with E-state index in [1.54, 1.807) is 13.8 Å². The van der Waals surface area contributed by atoms with Gasteiger partial charge in [0.15, 0.2) is 0 Å². The maximum absolute atomic E-state index is 12.1. The van der Waals surface area contributed by atoms with Gasteiger partial charge in [-0.25, -0.2) is 4.79 Å². The Labute approximate surface area is 136 Å². The van der Waals surface area contributed by atoms with Crippen molar-refractivity contribution in [2.75, 3.05) is 25.2 Å². The third kappa shape index (κ3) is 4.66. The normalized spacial score (nSPS) is 10.0. The first-order chi connectivity index (χ1) is 10.1. The standard InChI is InChI=1S/C13H15NO4S3/c1-4-17-9(15)7-20-11-8(6-14)21-13(19-3)10(11)12(16)18-5-2/h4-5,7H2,1-3H3. The first-order valence-corrected chi connectivity index (χ1v) is 9.18. The summed E-state index contributed by atoms with van der Waals surface area (Å²) in [7, 11) is 0. The number of ether oxygens (including phenoxy) is 2. The Kier molecular flexibility index (Phi) is 7.64. The summed E-state index contributed by atoms with van der Waals surface area (Å²) in [4.78, 5) is 24.4. The molecule has 0 atom stereocenters. The molecule has 8 heteroatoms. The van der Waals surface area contributed by atoms with Gasteiger partial charge in [-0.3, -0.25) is 4.79 Å². The van der Waals surface area contributed by atoms with Crippen molar-refractivity contribution in [2.24, 2.45) is 0 Å². The fourth-order valence-electron chi connectivity index (χ4n) is 1.46. The van der Waals surface area contributed by atoms with Crippen LogP contribution in [-0.4, -0.2) is 37.2 Å². The number of carbonyl (C=O) groups is 2. The summed E-state index contributed by atoms with van der Waals surface area (Å²) in [5.74, 6) is -0.788. The number of nitriles is 1. The van der Waals surface area contributed by atoms with E-state index in [2.05, 4.69) is 6.07 Å². The molecule has 0 N–H and O–H groups in total. The Balaban J connectivity index is 3.09. The number of nitrogens with zero attached hydrogens (tertiary/aromatic N) is 1. The molecule has 114 valence electrons. The third-order valence-corrected chi connectivity index (χ3v) is 5.66. The molecule has 1 aromatic heterocycles. The van der Waals surface area contributed by atoms with Gasteiger partial charge in [-0.2, -0.15) is 5.26 Å². The zero-order chi connectivity index (χ0) is 15.8. The molecule has 0 unspecified atom stereocenters. The predicted octanol–water partition coefficient (Wildman–Crippen LogP) is 3.17. The Morgan fingerprint density at radius 1 is 1.29 bits per heavy atom. The summed E-state index contributed by atoms with van der Waals surface area (Å²) in [5.41, 5.74) is 0.375. The highest BCUT2D eigenvalue weighted by Gasteiger charge is 2.25. The van der Waals surface area contributed by atoms with Crippen molar-refractivity contribution >= 4 is 46.8 Å². The molecule has 0 spiro atoms. The number of thiophene rings is 1. The maximum Gasteiger partial charge on any atom is 0.341 e. The van der Waals surface area contributed by atoms with Crippen LogP contribution in [0.1, 0.15) is 29.1 Å². The highest BCUT2D eigenvalue weighted by atomic mass is 32.2. The van der Waals surface area contributed by atoms with Crippen LogP contribution in [0.25, 0.3) is 0 Å². The van der Waals surface area contributed by atoms with E-state index in [0.717, 1.165) is 16.0 Å². The lowest BCUT2D eigenvalue weighted by Gasteiger charge is -2.06.